The van der Waals surface area contributed by atoms with Crippen molar-refractivity contribution in [3.8, 4) is 11.3 Å². The maximum atomic E-state index is 11.2. The number of benzene rings is 1. The number of carboxylic acids is 1. The molecule has 1 heterocycles. The van der Waals surface area contributed by atoms with E-state index in [-0.39, 0.29) is 5.56 Å². The van der Waals surface area contributed by atoms with Gasteiger partial charge in [-0.15, -0.1) is 0 Å². The Labute approximate surface area is 106 Å². The molecule has 0 unspecified atom stereocenters. The molecule has 0 bridgehead atoms. The highest BCUT2D eigenvalue weighted by molar-refractivity contribution is 9.10. The summed E-state index contributed by atoms with van der Waals surface area (Å²) in [5.41, 5.74) is 1.77. The summed E-state index contributed by atoms with van der Waals surface area (Å²) in [5.74, 6) is -1.02. The summed E-state index contributed by atoms with van der Waals surface area (Å²) < 4.78 is 0.806. The van der Waals surface area contributed by atoms with Gasteiger partial charge in [0.1, 0.15) is 11.9 Å². The number of carbonyl (C=O) groups is 1. The van der Waals surface area contributed by atoms with E-state index < -0.39 is 5.97 Å². The number of nitrogens with zero attached hydrogens (tertiary/aromatic N) is 2. The van der Waals surface area contributed by atoms with Crippen molar-refractivity contribution in [1.82, 2.24) is 9.97 Å². The van der Waals surface area contributed by atoms with Gasteiger partial charge in [0.2, 0.25) is 0 Å². The lowest BCUT2D eigenvalue weighted by Crippen LogP contribution is -2.06. The smallest absolute Gasteiger partial charge is 0.339 e. The summed E-state index contributed by atoms with van der Waals surface area (Å²) in [7, 11) is 0. The molecule has 0 saturated carbocycles. The van der Waals surface area contributed by atoms with Crippen molar-refractivity contribution >= 4 is 21.9 Å². The van der Waals surface area contributed by atoms with Crippen LogP contribution in [0.4, 0.5) is 0 Å². The topological polar surface area (TPSA) is 63.1 Å². The van der Waals surface area contributed by atoms with Gasteiger partial charge in [0.25, 0.3) is 0 Å². The summed E-state index contributed by atoms with van der Waals surface area (Å²) in [4.78, 5) is 19.2. The quantitative estimate of drug-likeness (QED) is 0.924. The molecule has 0 aliphatic carbocycles. The van der Waals surface area contributed by atoms with Crippen LogP contribution in [0.1, 0.15) is 16.1 Å². The van der Waals surface area contributed by atoms with Gasteiger partial charge in [-0.2, -0.15) is 0 Å². The van der Waals surface area contributed by atoms with Crippen LogP contribution in [0.15, 0.2) is 35.1 Å². The summed E-state index contributed by atoms with van der Waals surface area (Å²) in [6.45, 7) is 1.66. The van der Waals surface area contributed by atoms with Crippen LogP contribution >= 0.6 is 15.9 Å². The summed E-state index contributed by atoms with van der Waals surface area (Å²) in [6.07, 6.45) is 1.37. The van der Waals surface area contributed by atoms with E-state index in [9.17, 15) is 9.90 Å². The maximum Gasteiger partial charge on any atom is 0.339 e. The van der Waals surface area contributed by atoms with E-state index in [4.69, 9.17) is 0 Å². The second kappa shape index (κ2) is 4.63. The van der Waals surface area contributed by atoms with Crippen molar-refractivity contribution in [2.45, 2.75) is 6.92 Å². The normalized spacial score (nSPS) is 10.2. The molecular weight excluding hydrogens is 284 g/mol. The summed E-state index contributed by atoms with van der Waals surface area (Å²) >= 11 is 3.39. The fourth-order valence-corrected chi connectivity index (χ4v) is 2.06. The minimum absolute atomic E-state index is 0.138. The number of aromatic carboxylic acids is 1. The van der Waals surface area contributed by atoms with E-state index in [1.165, 1.54) is 6.33 Å². The highest BCUT2D eigenvalue weighted by atomic mass is 79.9. The molecule has 0 aliphatic rings. The monoisotopic (exact) mass is 292 g/mol. The first kappa shape index (κ1) is 11.7. The van der Waals surface area contributed by atoms with Gasteiger partial charge in [0.05, 0.1) is 11.4 Å². The number of aryl methyl sites for hydroxylation is 1. The molecular formula is C12H9BrN2O2. The van der Waals surface area contributed by atoms with Gasteiger partial charge in [0.15, 0.2) is 0 Å². The predicted molar refractivity (Wildman–Crippen MR) is 66.9 cm³/mol. The number of carboxylic acid groups (broad SMARTS) is 1. The van der Waals surface area contributed by atoms with Crippen LogP contribution in [0.25, 0.3) is 11.3 Å². The molecule has 4 nitrogen and oxygen atoms in total. The average molecular weight is 293 g/mol. The number of rotatable bonds is 2. The fraction of sp³-hybridized carbons (Fsp3) is 0.0833. The van der Waals surface area contributed by atoms with Gasteiger partial charge >= 0.3 is 5.97 Å². The Bertz CT molecular complexity index is 584. The van der Waals surface area contributed by atoms with E-state index in [2.05, 4.69) is 25.9 Å². The fourth-order valence-electron chi connectivity index (χ4n) is 1.59. The Morgan fingerprint density at radius 3 is 2.65 bits per heavy atom. The van der Waals surface area contributed by atoms with Gasteiger partial charge in [-0.1, -0.05) is 34.1 Å². The number of halogens is 1. The molecule has 0 fully saturated rings. The van der Waals surface area contributed by atoms with E-state index in [0.29, 0.717) is 11.4 Å². The summed E-state index contributed by atoms with van der Waals surface area (Å²) in [5, 5.41) is 9.20. The van der Waals surface area contributed by atoms with Crippen molar-refractivity contribution in [2.24, 2.45) is 0 Å². The van der Waals surface area contributed by atoms with Gasteiger partial charge in [-0.3, -0.25) is 0 Å². The van der Waals surface area contributed by atoms with Crippen molar-refractivity contribution in [3.05, 3.63) is 46.3 Å². The molecule has 0 aliphatic heterocycles. The molecule has 0 spiro atoms. The molecule has 0 radical (unpaired) electrons. The second-order valence-electron chi connectivity index (χ2n) is 3.47. The number of hydrogen-bond donors (Lipinski definition) is 1. The van der Waals surface area contributed by atoms with Crippen LogP contribution in [0.5, 0.6) is 0 Å². The minimum atomic E-state index is -1.02. The lowest BCUT2D eigenvalue weighted by molar-refractivity contribution is 0.0696. The number of aromatic nitrogens is 2. The molecule has 0 saturated heterocycles. The standard InChI is InChI=1S/C12H9BrN2O2/c1-7-10(12(16)17)11(15-6-14-7)8-4-2-3-5-9(8)13/h2-6H,1H3,(H,16,17). The first-order valence-electron chi connectivity index (χ1n) is 4.91. The molecule has 17 heavy (non-hydrogen) atoms. The molecule has 1 aromatic carbocycles. The molecule has 1 aromatic heterocycles. The molecule has 2 aromatic rings. The van der Waals surface area contributed by atoms with Crippen molar-refractivity contribution in [3.63, 3.8) is 0 Å². The van der Waals surface area contributed by atoms with Crippen LogP contribution in [-0.4, -0.2) is 21.0 Å². The largest absolute Gasteiger partial charge is 0.478 e. The zero-order valence-corrected chi connectivity index (χ0v) is 10.6. The van der Waals surface area contributed by atoms with Crippen LogP contribution in [-0.2, 0) is 0 Å². The predicted octanol–water partition coefficient (Wildman–Crippen LogP) is 2.91. The molecule has 0 amide bonds. The van der Waals surface area contributed by atoms with E-state index in [1.807, 2.05) is 24.3 Å². The van der Waals surface area contributed by atoms with E-state index in [1.54, 1.807) is 6.92 Å². The molecule has 0 atom stereocenters. The third-order valence-corrected chi connectivity index (χ3v) is 3.07. The first-order valence-corrected chi connectivity index (χ1v) is 5.70. The minimum Gasteiger partial charge on any atom is -0.478 e. The van der Waals surface area contributed by atoms with Crippen molar-refractivity contribution in [2.75, 3.05) is 0 Å². The van der Waals surface area contributed by atoms with Crippen LogP contribution in [0.2, 0.25) is 0 Å². The Hall–Kier alpha value is -1.75. The van der Waals surface area contributed by atoms with Crippen LogP contribution in [0, 0.1) is 6.92 Å². The Kier molecular flexibility index (Phi) is 3.19. The van der Waals surface area contributed by atoms with E-state index >= 15 is 0 Å². The SMILES string of the molecule is Cc1ncnc(-c2ccccc2Br)c1C(=O)O. The second-order valence-corrected chi connectivity index (χ2v) is 4.32. The zero-order chi connectivity index (χ0) is 12.4. The first-order chi connectivity index (χ1) is 8.11. The highest BCUT2D eigenvalue weighted by Gasteiger charge is 2.18. The van der Waals surface area contributed by atoms with Gasteiger partial charge in [-0.25, -0.2) is 14.8 Å². The Morgan fingerprint density at radius 1 is 1.29 bits per heavy atom. The summed E-state index contributed by atoms with van der Waals surface area (Å²) in [6, 6.07) is 7.36. The number of hydrogen-bond acceptors (Lipinski definition) is 3. The van der Waals surface area contributed by atoms with Gasteiger partial charge in [0, 0.05) is 10.0 Å². The van der Waals surface area contributed by atoms with Gasteiger partial charge in [-0.05, 0) is 13.0 Å². The lowest BCUT2D eigenvalue weighted by atomic mass is 10.1. The Balaban J connectivity index is 2.72. The van der Waals surface area contributed by atoms with E-state index in [0.717, 1.165) is 10.0 Å². The highest BCUT2D eigenvalue weighted by Crippen LogP contribution is 2.29. The van der Waals surface area contributed by atoms with Crippen molar-refractivity contribution < 1.29 is 9.90 Å². The molecule has 5 heteroatoms. The molecule has 86 valence electrons. The average Bonchev–Trinajstić information content (AvgIpc) is 2.28. The van der Waals surface area contributed by atoms with Gasteiger partial charge < -0.3 is 5.11 Å². The molecule has 2 rings (SSSR count). The third kappa shape index (κ3) is 2.19. The lowest BCUT2D eigenvalue weighted by Gasteiger charge is -2.08. The molecule has 1 N–H and O–H groups in total. The van der Waals surface area contributed by atoms with Crippen LogP contribution < -0.4 is 0 Å². The zero-order valence-electron chi connectivity index (χ0n) is 9.01. The maximum absolute atomic E-state index is 11.2. The third-order valence-electron chi connectivity index (χ3n) is 2.38. The van der Waals surface area contributed by atoms with Crippen LogP contribution in [0.3, 0.4) is 0 Å². The van der Waals surface area contributed by atoms with Crippen molar-refractivity contribution in [1.29, 1.82) is 0 Å². The Morgan fingerprint density at radius 2 is 2.00 bits per heavy atom.